The lowest BCUT2D eigenvalue weighted by atomic mass is 10.0. The smallest absolute Gasteiger partial charge is 0.220 e. The Balaban J connectivity index is 1.95. The van der Waals surface area contributed by atoms with Gasteiger partial charge in [0.2, 0.25) is 5.91 Å². The van der Waals surface area contributed by atoms with Crippen LogP contribution in [0.1, 0.15) is 47.7 Å². The second-order valence-electron chi connectivity index (χ2n) is 4.71. The number of hydrogen-bond donors (Lipinski definition) is 1. The van der Waals surface area contributed by atoms with E-state index in [1.807, 2.05) is 19.1 Å². The summed E-state index contributed by atoms with van der Waals surface area (Å²) in [6.07, 6.45) is 3.97. The number of rotatable bonds is 5. The summed E-state index contributed by atoms with van der Waals surface area (Å²) >= 11 is 0. The Morgan fingerprint density at radius 3 is 2.72 bits per heavy atom. The van der Waals surface area contributed by atoms with Gasteiger partial charge in [-0.15, -0.1) is 0 Å². The van der Waals surface area contributed by atoms with Gasteiger partial charge in [-0.3, -0.25) is 9.59 Å². The molecule has 2 rings (SSSR count). The van der Waals surface area contributed by atoms with Crippen molar-refractivity contribution < 1.29 is 9.59 Å². The molecule has 1 amide bonds. The topological polar surface area (TPSA) is 46.2 Å². The quantitative estimate of drug-likeness (QED) is 0.809. The fourth-order valence-electron chi connectivity index (χ4n) is 2.40. The fraction of sp³-hybridized carbons (Fsp3) is 0.467. The van der Waals surface area contributed by atoms with Crippen LogP contribution in [0.2, 0.25) is 0 Å². The number of carbonyl (C=O) groups excluding carboxylic acids is 2. The molecule has 0 saturated carbocycles. The maximum Gasteiger partial charge on any atom is 0.220 e. The van der Waals surface area contributed by atoms with E-state index in [9.17, 15) is 9.59 Å². The zero-order chi connectivity index (χ0) is 13.0. The number of Topliss-reactive ketones (excluding diaryl/α,β-unsaturated/α-hetero) is 1. The fourth-order valence-corrected chi connectivity index (χ4v) is 2.40. The first kappa shape index (κ1) is 12.8. The van der Waals surface area contributed by atoms with Crippen LogP contribution < -0.4 is 5.32 Å². The van der Waals surface area contributed by atoms with Crippen LogP contribution in [0.25, 0.3) is 0 Å². The van der Waals surface area contributed by atoms with E-state index in [1.165, 1.54) is 17.5 Å². The molecule has 96 valence electrons. The third-order valence-corrected chi connectivity index (χ3v) is 3.37. The van der Waals surface area contributed by atoms with Gasteiger partial charge < -0.3 is 5.32 Å². The largest absolute Gasteiger partial charge is 0.356 e. The Morgan fingerprint density at radius 1 is 1.17 bits per heavy atom. The number of aryl methyl sites for hydroxylation is 2. The van der Waals surface area contributed by atoms with Crippen LogP contribution in [0.5, 0.6) is 0 Å². The van der Waals surface area contributed by atoms with Crippen LogP contribution in [0, 0.1) is 0 Å². The molecule has 0 spiro atoms. The molecular formula is C15H19NO2. The molecule has 3 heteroatoms. The van der Waals surface area contributed by atoms with E-state index in [0.29, 0.717) is 13.0 Å². The zero-order valence-corrected chi connectivity index (χ0v) is 10.8. The van der Waals surface area contributed by atoms with Crippen molar-refractivity contribution in [3.8, 4) is 0 Å². The van der Waals surface area contributed by atoms with Crippen molar-refractivity contribution in [1.29, 1.82) is 0 Å². The molecule has 1 aromatic carbocycles. The average molecular weight is 245 g/mol. The highest BCUT2D eigenvalue weighted by Gasteiger charge is 2.14. The van der Waals surface area contributed by atoms with Crippen LogP contribution in [0.3, 0.4) is 0 Å². The number of ketones is 1. The van der Waals surface area contributed by atoms with Gasteiger partial charge in [0.1, 0.15) is 0 Å². The predicted octanol–water partition coefficient (Wildman–Crippen LogP) is 2.27. The van der Waals surface area contributed by atoms with Gasteiger partial charge in [0.05, 0.1) is 0 Å². The van der Waals surface area contributed by atoms with Crippen molar-refractivity contribution in [3.63, 3.8) is 0 Å². The molecule has 1 N–H and O–H groups in total. The lowest BCUT2D eigenvalue weighted by Crippen LogP contribution is -2.23. The SMILES string of the molecule is CCNC(=O)CCC(=O)c1ccc2c(c1)CCC2. The minimum Gasteiger partial charge on any atom is -0.356 e. The summed E-state index contributed by atoms with van der Waals surface area (Å²) in [6.45, 7) is 2.49. The predicted molar refractivity (Wildman–Crippen MR) is 70.7 cm³/mol. The van der Waals surface area contributed by atoms with E-state index >= 15 is 0 Å². The molecule has 3 nitrogen and oxygen atoms in total. The molecule has 1 aliphatic rings. The minimum absolute atomic E-state index is 0.0491. The van der Waals surface area contributed by atoms with Crippen LogP contribution in [0.15, 0.2) is 18.2 Å². The highest BCUT2D eigenvalue weighted by Crippen LogP contribution is 2.23. The van der Waals surface area contributed by atoms with Gasteiger partial charge in [-0.2, -0.15) is 0 Å². The molecular weight excluding hydrogens is 226 g/mol. The third kappa shape index (κ3) is 2.97. The molecule has 0 aromatic heterocycles. The van der Waals surface area contributed by atoms with E-state index in [1.54, 1.807) is 0 Å². The van der Waals surface area contributed by atoms with Crippen molar-refractivity contribution in [1.82, 2.24) is 5.32 Å². The van der Waals surface area contributed by atoms with E-state index in [2.05, 4.69) is 11.4 Å². The summed E-state index contributed by atoms with van der Waals surface area (Å²) < 4.78 is 0. The highest BCUT2D eigenvalue weighted by atomic mass is 16.2. The standard InChI is InChI=1S/C15H19NO2/c1-2-16-15(18)9-8-14(17)13-7-6-11-4-3-5-12(11)10-13/h6-7,10H,2-5,8-9H2,1H3,(H,16,18). The molecule has 0 saturated heterocycles. The molecule has 1 aromatic rings. The van der Waals surface area contributed by atoms with Crippen molar-refractivity contribution in [2.24, 2.45) is 0 Å². The molecule has 0 bridgehead atoms. The van der Waals surface area contributed by atoms with E-state index in [0.717, 1.165) is 18.4 Å². The molecule has 0 aliphatic heterocycles. The molecule has 0 atom stereocenters. The van der Waals surface area contributed by atoms with Crippen LogP contribution in [0.4, 0.5) is 0 Å². The maximum atomic E-state index is 12.0. The Morgan fingerprint density at radius 2 is 1.94 bits per heavy atom. The average Bonchev–Trinajstić information content (AvgIpc) is 2.83. The number of fused-ring (bicyclic) bond motifs is 1. The number of hydrogen-bond acceptors (Lipinski definition) is 2. The summed E-state index contributed by atoms with van der Waals surface area (Å²) in [4.78, 5) is 23.3. The summed E-state index contributed by atoms with van der Waals surface area (Å²) in [5.41, 5.74) is 3.43. The summed E-state index contributed by atoms with van der Waals surface area (Å²) in [7, 11) is 0. The van der Waals surface area contributed by atoms with Gasteiger partial charge in [-0.25, -0.2) is 0 Å². The molecule has 0 heterocycles. The Kier molecular flexibility index (Phi) is 4.13. The van der Waals surface area contributed by atoms with Crippen molar-refractivity contribution in [2.45, 2.75) is 39.0 Å². The zero-order valence-electron chi connectivity index (χ0n) is 10.8. The molecule has 0 radical (unpaired) electrons. The van der Waals surface area contributed by atoms with Gasteiger partial charge >= 0.3 is 0 Å². The highest BCUT2D eigenvalue weighted by molar-refractivity contribution is 5.98. The first-order valence-electron chi connectivity index (χ1n) is 6.62. The normalized spacial score (nSPS) is 13.2. The van der Waals surface area contributed by atoms with E-state index in [-0.39, 0.29) is 18.1 Å². The van der Waals surface area contributed by atoms with Crippen LogP contribution in [-0.2, 0) is 17.6 Å². The molecule has 0 unspecified atom stereocenters. The molecule has 18 heavy (non-hydrogen) atoms. The second kappa shape index (κ2) is 5.80. The Labute approximate surface area is 108 Å². The van der Waals surface area contributed by atoms with Crippen molar-refractivity contribution in [3.05, 3.63) is 34.9 Å². The van der Waals surface area contributed by atoms with Crippen LogP contribution >= 0.6 is 0 Å². The van der Waals surface area contributed by atoms with Gasteiger partial charge in [0.25, 0.3) is 0 Å². The number of benzene rings is 1. The molecule has 0 fully saturated rings. The summed E-state index contributed by atoms with van der Waals surface area (Å²) in [5.74, 6) is 0.0166. The first-order chi connectivity index (χ1) is 8.70. The van der Waals surface area contributed by atoms with Gasteiger partial charge in [-0.1, -0.05) is 12.1 Å². The summed E-state index contributed by atoms with van der Waals surface area (Å²) in [5, 5.41) is 2.70. The van der Waals surface area contributed by atoms with Gasteiger partial charge in [0.15, 0.2) is 5.78 Å². The molecule has 1 aliphatic carbocycles. The lowest BCUT2D eigenvalue weighted by Gasteiger charge is -2.05. The van der Waals surface area contributed by atoms with Gasteiger partial charge in [-0.05, 0) is 43.4 Å². The van der Waals surface area contributed by atoms with Crippen LogP contribution in [-0.4, -0.2) is 18.2 Å². The maximum absolute atomic E-state index is 12.0. The van der Waals surface area contributed by atoms with Crippen molar-refractivity contribution >= 4 is 11.7 Å². The van der Waals surface area contributed by atoms with E-state index in [4.69, 9.17) is 0 Å². The van der Waals surface area contributed by atoms with Crippen molar-refractivity contribution in [2.75, 3.05) is 6.54 Å². The number of amides is 1. The minimum atomic E-state index is -0.0491. The first-order valence-corrected chi connectivity index (χ1v) is 6.62. The summed E-state index contributed by atoms with van der Waals surface area (Å²) in [6, 6.07) is 5.95. The van der Waals surface area contributed by atoms with Gasteiger partial charge in [0, 0.05) is 24.9 Å². The Bertz CT molecular complexity index is 466. The monoisotopic (exact) mass is 245 g/mol. The third-order valence-electron chi connectivity index (χ3n) is 3.37. The van der Waals surface area contributed by atoms with E-state index < -0.39 is 0 Å². The Hall–Kier alpha value is -1.64. The lowest BCUT2D eigenvalue weighted by molar-refractivity contribution is -0.120. The number of nitrogens with one attached hydrogen (secondary N) is 1. The second-order valence-corrected chi connectivity index (χ2v) is 4.71. The number of carbonyl (C=O) groups is 2.